The Bertz CT molecular complexity index is 2600. The number of hydrogen-bond donors (Lipinski definition) is 0. The van der Waals surface area contributed by atoms with Crippen LogP contribution in [0.1, 0.15) is 85.2 Å². The predicted molar refractivity (Wildman–Crippen MR) is 216 cm³/mol. The Morgan fingerprint density at radius 1 is 0.782 bits per heavy atom. The van der Waals surface area contributed by atoms with Gasteiger partial charge in [0.2, 0.25) is 0 Å². The molecule has 7 heteroatoms. The average molecular weight is 921 g/mol. The van der Waals surface area contributed by atoms with E-state index in [1.54, 1.807) is 42.6 Å². The number of alkyl halides is 3. The van der Waals surface area contributed by atoms with Crippen molar-refractivity contribution in [3.8, 4) is 39.5 Å². The molecule has 0 aliphatic carbocycles. The van der Waals surface area contributed by atoms with Gasteiger partial charge in [0, 0.05) is 41.6 Å². The largest absolute Gasteiger partial charge is 0.394 e. The standard InChI is InChI=1S/C26H27N2.C22H19F3N.Ir/c1-17(2)21-9-8-10-22(18(3)4)25(21)28-24-12-7-6-11-23(24)27-26(28)20-15-13-19(5)14-16-20;1-21(2,22(23,24)25)15-16-8-10-17(11-9-16)19-12-13-26-20(14-19)18-6-4-3-5-7-18;/h6-15,17-18H,1-5H3;3-6,8-14H,15H2,1-2H3;/q2*-1;/i5D3,17D,18D;15D2;. The third-order valence-electron chi connectivity index (χ3n) is 9.08. The Hall–Kier alpha value is -4.84. The molecular formula is C48H46F3IrN3-2. The van der Waals surface area contributed by atoms with E-state index in [1.165, 1.54) is 18.2 Å². The number of hydrogen-bond acceptors (Lipinski definition) is 2. The maximum absolute atomic E-state index is 13.3. The number of nitrogens with zero attached hydrogens (tertiary/aromatic N) is 3. The van der Waals surface area contributed by atoms with Gasteiger partial charge in [-0.1, -0.05) is 109 Å². The summed E-state index contributed by atoms with van der Waals surface area (Å²) in [5.74, 6) is -1.25. The second kappa shape index (κ2) is 17.3. The molecule has 0 fully saturated rings. The topological polar surface area (TPSA) is 30.7 Å². The molecule has 7 rings (SSSR count). The van der Waals surface area contributed by atoms with Gasteiger partial charge in [0.15, 0.2) is 0 Å². The number of para-hydroxylation sites is 3. The van der Waals surface area contributed by atoms with Gasteiger partial charge in [-0.05, 0) is 69.9 Å². The van der Waals surface area contributed by atoms with Crippen LogP contribution in [-0.4, -0.2) is 20.7 Å². The molecule has 5 aromatic carbocycles. The minimum Gasteiger partial charge on any atom is -0.333 e. The zero-order valence-electron chi connectivity index (χ0n) is 38.4. The van der Waals surface area contributed by atoms with Crippen LogP contribution < -0.4 is 0 Å². The number of aromatic nitrogens is 3. The van der Waals surface area contributed by atoms with Crippen molar-refractivity contribution < 1.29 is 42.9 Å². The van der Waals surface area contributed by atoms with Crippen molar-refractivity contribution in [2.75, 3.05) is 0 Å². The molecule has 0 spiro atoms. The predicted octanol–water partition coefficient (Wildman–Crippen LogP) is 13.4. The van der Waals surface area contributed by atoms with Crippen molar-refractivity contribution in [1.29, 1.82) is 0 Å². The van der Waals surface area contributed by atoms with Crippen LogP contribution in [-0.2, 0) is 26.5 Å². The first-order chi connectivity index (χ1) is 28.3. The molecule has 0 aliphatic rings. The third kappa shape index (κ3) is 9.35. The number of halogens is 3. The summed E-state index contributed by atoms with van der Waals surface area (Å²) in [4.78, 5) is 9.20. The smallest absolute Gasteiger partial charge is 0.333 e. The first-order valence-corrected chi connectivity index (χ1v) is 17.6. The van der Waals surface area contributed by atoms with Gasteiger partial charge in [-0.2, -0.15) is 13.2 Å². The van der Waals surface area contributed by atoms with Crippen LogP contribution >= 0.6 is 0 Å². The van der Waals surface area contributed by atoms with Crippen LogP contribution in [0, 0.1) is 24.4 Å². The second-order valence-corrected chi connectivity index (χ2v) is 14.0. The molecule has 1 radical (unpaired) electrons. The van der Waals surface area contributed by atoms with Crippen molar-refractivity contribution >= 4 is 11.0 Å². The summed E-state index contributed by atoms with van der Waals surface area (Å²) in [6.07, 6.45) is -5.57. The minimum atomic E-state index is -4.67. The van der Waals surface area contributed by atoms with Crippen LogP contribution in [0.3, 0.4) is 0 Å². The Balaban J connectivity index is 0.000000234. The van der Waals surface area contributed by atoms with Crippen molar-refractivity contribution in [1.82, 2.24) is 14.5 Å². The van der Waals surface area contributed by atoms with E-state index in [2.05, 4.69) is 17.1 Å². The maximum Gasteiger partial charge on any atom is 0.394 e. The minimum absolute atomic E-state index is 0. The number of pyridine rings is 1. The monoisotopic (exact) mass is 921 g/mol. The number of benzene rings is 5. The Kier molecular flexibility index (Phi) is 10.2. The molecule has 3 nitrogen and oxygen atoms in total. The van der Waals surface area contributed by atoms with Crippen molar-refractivity contribution in [3.05, 3.63) is 162 Å². The Labute approximate surface area is 346 Å². The molecule has 0 amide bonds. The normalized spacial score (nSPS) is 14.5. The first-order valence-electron chi connectivity index (χ1n) is 21.1. The van der Waals surface area contributed by atoms with Crippen LogP contribution in [0.4, 0.5) is 13.2 Å². The molecule has 0 atom stereocenters. The van der Waals surface area contributed by atoms with Crippen molar-refractivity contribution in [3.63, 3.8) is 0 Å². The van der Waals surface area contributed by atoms with E-state index in [4.69, 9.17) is 14.6 Å². The van der Waals surface area contributed by atoms with Gasteiger partial charge in [-0.3, -0.25) is 4.98 Å². The second-order valence-electron chi connectivity index (χ2n) is 14.0. The molecule has 0 saturated heterocycles. The molecule has 0 N–H and O–H groups in total. The molecule has 7 aromatic rings. The summed E-state index contributed by atoms with van der Waals surface area (Å²) in [6, 6.07) is 41.7. The van der Waals surface area contributed by atoms with E-state index < -0.39 is 36.6 Å². The number of fused-ring (bicyclic) bond motifs is 1. The molecular weight excluding hydrogens is 868 g/mol. The number of rotatable bonds is 8. The van der Waals surface area contributed by atoms with Crippen LogP contribution in [0.2, 0.25) is 0 Å². The maximum atomic E-state index is 13.3. The van der Waals surface area contributed by atoms with E-state index in [-0.39, 0.29) is 31.2 Å². The van der Waals surface area contributed by atoms with Gasteiger partial charge >= 0.3 is 6.18 Å². The summed E-state index contributed by atoms with van der Waals surface area (Å²) in [5.41, 5.74) is 5.45. The van der Waals surface area contributed by atoms with Crippen LogP contribution in [0.5, 0.6) is 0 Å². The third-order valence-corrected chi connectivity index (χ3v) is 9.08. The average Bonchev–Trinajstić information content (AvgIpc) is 3.59. The first kappa shape index (κ1) is 32.4. The molecule has 0 saturated carbocycles. The van der Waals surface area contributed by atoms with Gasteiger partial charge in [0.1, 0.15) is 0 Å². The van der Waals surface area contributed by atoms with Gasteiger partial charge in [0.05, 0.1) is 22.3 Å². The zero-order chi connectivity index (χ0) is 44.8. The number of imidazole rings is 1. The fourth-order valence-corrected chi connectivity index (χ4v) is 6.08. The fourth-order valence-electron chi connectivity index (χ4n) is 6.08. The SMILES string of the molecule is [2H]C([2H])([2H])c1c[c-]c(-c2nc3ccccc3n2-c2c(C([2H])(C)C)cccc2C([2H])(C)C)cc1.[2H]C([2H])(c1ccc(-c2ccnc(-c3[c-]cccc3)c2)cc1)C(C)(C)C(F)(F)F.[Ir]. The molecule has 0 bridgehead atoms. The fraction of sp³-hybridized carbons (Fsp3) is 0.250. The summed E-state index contributed by atoms with van der Waals surface area (Å²) < 4.78 is 98.7. The molecule has 0 unspecified atom stereocenters. The van der Waals surface area contributed by atoms with Crippen LogP contribution in [0.15, 0.2) is 128 Å². The molecule has 2 aromatic heterocycles. The van der Waals surface area contributed by atoms with E-state index in [9.17, 15) is 13.2 Å². The van der Waals surface area contributed by atoms with Gasteiger partial charge < -0.3 is 9.55 Å². The molecule has 285 valence electrons. The molecule has 2 heterocycles. The van der Waals surface area contributed by atoms with E-state index in [1.807, 2.05) is 99.0 Å². The molecule has 55 heavy (non-hydrogen) atoms. The Morgan fingerprint density at radius 2 is 1.47 bits per heavy atom. The molecule has 0 aliphatic heterocycles. The summed E-state index contributed by atoms with van der Waals surface area (Å²) >= 11 is 0. The van der Waals surface area contributed by atoms with Crippen molar-refractivity contribution in [2.45, 2.75) is 72.7 Å². The van der Waals surface area contributed by atoms with Gasteiger partial charge in [-0.15, -0.1) is 71.3 Å². The Morgan fingerprint density at radius 3 is 2.07 bits per heavy atom. The zero-order valence-corrected chi connectivity index (χ0v) is 33.8. The van der Waals surface area contributed by atoms with E-state index in [0.717, 1.165) is 64.1 Å². The van der Waals surface area contributed by atoms with E-state index in [0.29, 0.717) is 11.4 Å². The summed E-state index contributed by atoms with van der Waals surface area (Å²) in [7, 11) is 0. The number of aryl methyl sites for hydroxylation is 1. The van der Waals surface area contributed by atoms with Crippen molar-refractivity contribution in [2.24, 2.45) is 5.41 Å². The summed E-state index contributed by atoms with van der Waals surface area (Å²) in [6.45, 7) is 6.90. The van der Waals surface area contributed by atoms with E-state index >= 15 is 0 Å². The quantitative estimate of drug-likeness (QED) is 0.142. The van der Waals surface area contributed by atoms with Crippen LogP contribution in [0.25, 0.3) is 50.5 Å². The van der Waals surface area contributed by atoms with Gasteiger partial charge in [0.25, 0.3) is 0 Å². The summed E-state index contributed by atoms with van der Waals surface area (Å²) in [5, 5.41) is 0. The van der Waals surface area contributed by atoms with Gasteiger partial charge in [-0.25, -0.2) is 0 Å².